The van der Waals surface area contributed by atoms with Gasteiger partial charge in [-0.1, -0.05) is 0 Å². The summed E-state index contributed by atoms with van der Waals surface area (Å²) in [6.45, 7) is 1.79. The molecule has 0 aliphatic rings. The summed E-state index contributed by atoms with van der Waals surface area (Å²) < 4.78 is 27.0. The highest BCUT2D eigenvalue weighted by Crippen LogP contribution is 2.27. The highest BCUT2D eigenvalue weighted by molar-refractivity contribution is 7.98. The van der Waals surface area contributed by atoms with Gasteiger partial charge in [0.05, 0.1) is 9.82 Å². The predicted octanol–water partition coefficient (Wildman–Crippen LogP) is 2.06. The topological polar surface area (TPSA) is 101 Å². The van der Waals surface area contributed by atoms with Gasteiger partial charge in [0.2, 0.25) is 10.0 Å². The first-order chi connectivity index (χ1) is 9.81. The Labute approximate surface area is 128 Å². The fourth-order valence-corrected chi connectivity index (χ4v) is 3.62. The largest absolute Gasteiger partial charge is 0.383 e. The maximum Gasteiger partial charge on any atom is 0.292 e. The monoisotopic (exact) mass is 333 g/mol. The third-order valence-electron chi connectivity index (χ3n) is 2.86. The maximum absolute atomic E-state index is 12.2. The number of benzene rings is 1. The van der Waals surface area contributed by atoms with Gasteiger partial charge in [0.1, 0.15) is 5.69 Å². The molecule has 0 saturated carbocycles. The zero-order valence-electron chi connectivity index (χ0n) is 12.1. The van der Waals surface area contributed by atoms with Crippen molar-refractivity contribution in [2.24, 2.45) is 0 Å². The molecule has 9 heteroatoms. The number of rotatable bonds is 8. The molecule has 118 valence electrons. The standard InChI is InChI=1S/C12H19N3O4S2/c1-9(6-7-20-3)14-21(18,19)10-4-5-12(15(16)17)11(8-10)13-2/h4-5,8-9,13-14H,6-7H2,1-3H3. The van der Waals surface area contributed by atoms with E-state index in [1.165, 1.54) is 25.2 Å². The van der Waals surface area contributed by atoms with E-state index in [9.17, 15) is 18.5 Å². The molecule has 0 radical (unpaired) electrons. The van der Waals surface area contributed by atoms with Crippen molar-refractivity contribution in [1.82, 2.24) is 4.72 Å². The van der Waals surface area contributed by atoms with E-state index in [0.717, 1.165) is 5.75 Å². The number of nitro benzene ring substituents is 1. The second kappa shape index (κ2) is 7.62. The van der Waals surface area contributed by atoms with Crippen LogP contribution in [0.15, 0.2) is 23.1 Å². The molecule has 0 bridgehead atoms. The van der Waals surface area contributed by atoms with Gasteiger partial charge in [-0.3, -0.25) is 10.1 Å². The Balaban J connectivity index is 3.01. The SMILES string of the molecule is CNc1cc(S(=O)(=O)NC(C)CCSC)ccc1[N+](=O)[O-]. The molecule has 0 spiro atoms. The van der Waals surface area contributed by atoms with Crippen molar-refractivity contribution in [3.63, 3.8) is 0 Å². The summed E-state index contributed by atoms with van der Waals surface area (Å²) in [6.07, 6.45) is 2.67. The lowest BCUT2D eigenvalue weighted by Gasteiger charge is -2.14. The van der Waals surface area contributed by atoms with Crippen LogP contribution >= 0.6 is 11.8 Å². The molecule has 0 heterocycles. The minimum absolute atomic E-state index is 0.00783. The highest BCUT2D eigenvalue weighted by atomic mass is 32.2. The summed E-state index contributed by atoms with van der Waals surface area (Å²) in [7, 11) is -2.18. The van der Waals surface area contributed by atoms with Crippen LogP contribution in [-0.4, -0.2) is 38.4 Å². The summed E-state index contributed by atoms with van der Waals surface area (Å²) in [6, 6.07) is 3.49. The summed E-state index contributed by atoms with van der Waals surface area (Å²) in [4.78, 5) is 10.3. The molecule has 0 aromatic heterocycles. The first-order valence-corrected chi connectivity index (χ1v) is 9.17. The summed E-state index contributed by atoms with van der Waals surface area (Å²) in [5.74, 6) is 0.853. The van der Waals surface area contributed by atoms with Crippen LogP contribution in [0, 0.1) is 10.1 Å². The molecule has 1 unspecified atom stereocenters. The van der Waals surface area contributed by atoms with Crippen molar-refractivity contribution in [1.29, 1.82) is 0 Å². The minimum atomic E-state index is -3.69. The second-order valence-electron chi connectivity index (χ2n) is 4.49. The van der Waals surface area contributed by atoms with Crippen LogP contribution in [0.5, 0.6) is 0 Å². The number of thioether (sulfide) groups is 1. The molecule has 0 fully saturated rings. The first kappa shape index (κ1) is 17.7. The van der Waals surface area contributed by atoms with Crippen molar-refractivity contribution in [2.75, 3.05) is 24.4 Å². The summed E-state index contributed by atoms with van der Waals surface area (Å²) >= 11 is 1.64. The molecule has 1 rings (SSSR count). The predicted molar refractivity (Wildman–Crippen MR) is 85.4 cm³/mol. The van der Waals surface area contributed by atoms with Crippen molar-refractivity contribution in [2.45, 2.75) is 24.3 Å². The Hall–Kier alpha value is -1.32. The van der Waals surface area contributed by atoms with E-state index in [-0.39, 0.29) is 22.3 Å². The highest BCUT2D eigenvalue weighted by Gasteiger charge is 2.21. The van der Waals surface area contributed by atoms with Gasteiger partial charge in [0, 0.05) is 19.2 Å². The van der Waals surface area contributed by atoms with Crippen LogP contribution in [0.25, 0.3) is 0 Å². The molecule has 2 N–H and O–H groups in total. The zero-order valence-corrected chi connectivity index (χ0v) is 13.8. The summed E-state index contributed by atoms with van der Waals surface area (Å²) in [5.41, 5.74) is 0.00604. The van der Waals surface area contributed by atoms with Gasteiger partial charge in [0.15, 0.2) is 0 Å². The van der Waals surface area contributed by atoms with Gasteiger partial charge in [-0.15, -0.1) is 0 Å². The number of nitrogens with one attached hydrogen (secondary N) is 2. The summed E-state index contributed by atoms with van der Waals surface area (Å²) in [5, 5.41) is 13.5. The number of hydrogen-bond donors (Lipinski definition) is 2. The number of sulfonamides is 1. The molecular weight excluding hydrogens is 314 g/mol. The average Bonchev–Trinajstić information content (AvgIpc) is 2.43. The van der Waals surface area contributed by atoms with Crippen LogP contribution in [0.1, 0.15) is 13.3 Å². The molecule has 0 amide bonds. The van der Waals surface area contributed by atoms with Crippen molar-refractivity contribution in [3.8, 4) is 0 Å². The van der Waals surface area contributed by atoms with Crippen LogP contribution in [0.2, 0.25) is 0 Å². The maximum atomic E-state index is 12.2. The first-order valence-electron chi connectivity index (χ1n) is 6.29. The Morgan fingerprint density at radius 1 is 1.43 bits per heavy atom. The lowest BCUT2D eigenvalue weighted by molar-refractivity contribution is -0.384. The Morgan fingerprint density at radius 3 is 2.62 bits per heavy atom. The second-order valence-corrected chi connectivity index (χ2v) is 7.19. The molecular formula is C12H19N3O4S2. The smallest absolute Gasteiger partial charge is 0.292 e. The number of anilines is 1. The van der Waals surface area contributed by atoms with E-state index in [4.69, 9.17) is 0 Å². The van der Waals surface area contributed by atoms with E-state index >= 15 is 0 Å². The van der Waals surface area contributed by atoms with Crippen LogP contribution < -0.4 is 10.0 Å². The number of hydrogen-bond acceptors (Lipinski definition) is 6. The average molecular weight is 333 g/mol. The van der Waals surface area contributed by atoms with Gasteiger partial charge in [-0.05, 0) is 37.5 Å². The van der Waals surface area contributed by atoms with Crippen molar-refractivity contribution >= 4 is 33.2 Å². The Bertz CT molecular complexity index is 605. The Kier molecular flexibility index (Phi) is 6.43. The molecule has 0 saturated heterocycles. The molecule has 7 nitrogen and oxygen atoms in total. The molecule has 1 atom stereocenters. The number of nitrogens with zero attached hydrogens (tertiary/aromatic N) is 1. The van der Waals surface area contributed by atoms with Crippen LogP contribution in [0.3, 0.4) is 0 Å². The quantitative estimate of drug-likeness (QED) is 0.558. The minimum Gasteiger partial charge on any atom is -0.383 e. The van der Waals surface area contributed by atoms with Crippen LogP contribution in [-0.2, 0) is 10.0 Å². The fraction of sp³-hybridized carbons (Fsp3) is 0.500. The normalized spacial score (nSPS) is 12.9. The molecule has 0 aliphatic carbocycles. The molecule has 0 aliphatic heterocycles. The Morgan fingerprint density at radius 2 is 2.10 bits per heavy atom. The molecule has 1 aromatic rings. The van der Waals surface area contributed by atoms with E-state index in [1.807, 2.05) is 6.26 Å². The third kappa shape index (κ3) is 4.87. The van der Waals surface area contributed by atoms with E-state index in [2.05, 4.69) is 10.0 Å². The third-order valence-corrected chi connectivity index (χ3v) is 5.09. The zero-order chi connectivity index (χ0) is 16.0. The van der Waals surface area contributed by atoms with Gasteiger partial charge in [0.25, 0.3) is 5.69 Å². The van der Waals surface area contributed by atoms with Gasteiger partial charge >= 0.3 is 0 Å². The van der Waals surface area contributed by atoms with Gasteiger partial charge in [-0.2, -0.15) is 11.8 Å². The van der Waals surface area contributed by atoms with E-state index in [1.54, 1.807) is 18.7 Å². The number of nitro groups is 1. The van der Waals surface area contributed by atoms with E-state index in [0.29, 0.717) is 6.42 Å². The van der Waals surface area contributed by atoms with Crippen LogP contribution in [0.4, 0.5) is 11.4 Å². The lowest BCUT2D eigenvalue weighted by Crippen LogP contribution is -2.33. The fourth-order valence-electron chi connectivity index (χ4n) is 1.73. The van der Waals surface area contributed by atoms with Gasteiger partial charge in [-0.25, -0.2) is 13.1 Å². The van der Waals surface area contributed by atoms with Crippen molar-refractivity contribution in [3.05, 3.63) is 28.3 Å². The van der Waals surface area contributed by atoms with E-state index < -0.39 is 14.9 Å². The lowest BCUT2D eigenvalue weighted by atomic mass is 10.3. The van der Waals surface area contributed by atoms with Crippen molar-refractivity contribution < 1.29 is 13.3 Å². The van der Waals surface area contributed by atoms with Gasteiger partial charge < -0.3 is 5.32 Å². The molecule has 1 aromatic carbocycles. The molecule has 21 heavy (non-hydrogen) atoms.